The number of allylic oxidation sites excluding steroid dienone is 3. The highest BCUT2D eigenvalue weighted by Gasteiger charge is 1.83. The molecule has 7 heavy (non-hydrogen) atoms. The zero-order valence-electron chi connectivity index (χ0n) is 3.94. The van der Waals surface area contributed by atoms with Crippen molar-refractivity contribution >= 4 is 0 Å². The molecule has 0 saturated carbocycles. The van der Waals surface area contributed by atoms with Crippen LogP contribution in [0.25, 0.3) is 0 Å². The topological polar surface area (TPSA) is 12.0 Å². The van der Waals surface area contributed by atoms with E-state index in [0.717, 1.165) is 5.70 Å². The summed E-state index contributed by atoms with van der Waals surface area (Å²) in [5, 5.41) is 2.86. The van der Waals surface area contributed by atoms with Crippen molar-refractivity contribution < 1.29 is 0 Å². The zero-order chi connectivity index (χ0) is 5.11. The van der Waals surface area contributed by atoms with Gasteiger partial charge in [0, 0.05) is 18.0 Å². The normalized spacial score (nSPS) is 16.9. The van der Waals surface area contributed by atoms with Gasteiger partial charge in [-0.25, -0.2) is 0 Å². The minimum Gasteiger partial charge on any atom is -0.362 e. The summed E-state index contributed by atoms with van der Waals surface area (Å²) < 4.78 is 0. The fourth-order valence-corrected chi connectivity index (χ4v) is 0.387. The van der Waals surface area contributed by atoms with Gasteiger partial charge in [-0.05, 0) is 6.08 Å². The highest BCUT2D eigenvalue weighted by molar-refractivity contribution is 5.18. The molecule has 1 aliphatic rings. The maximum atomic E-state index is 3.61. The molecule has 1 heterocycles. The number of nitrogens with one attached hydrogen (secondary N) is 1. The van der Waals surface area contributed by atoms with E-state index in [4.69, 9.17) is 0 Å². The molecule has 0 spiro atoms. The summed E-state index contributed by atoms with van der Waals surface area (Å²) in [7, 11) is 0. The molecule has 0 aliphatic carbocycles. The number of rotatable bonds is 0. The van der Waals surface area contributed by atoms with Gasteiger partial charge >= 0.3 is 0 Å². The van der Waals surface area contributed by atoms with Gasteiger partial charge < -0.3 is 5.32 Å². The van der Waals surface area contributed by atoms with Gasteiger partial charge in [-0.1, -0.05) is 12.7 Å². The van der Waals surface area contributed by atoms with Crippen LogP contribution in [0, 0.1) is 6.08 Å². The lowest BCUT2D eigenvalue weighted by Crippen LogP contribution is -2.02. The molecule has 1 N–H and O–H groups in total. The van der Waals surface area contributed by atoms with Crippen LogP contribution in [0.3, 0.4) is 0 Å². The summed E-state index contributed by atoms with van der Waals surface area (Å²) >= 11 is 0. The predicted molar refractivity (Wildman–Crippen MR) is 29.2 cm³/mol. The molecular weight excluding hydrogens is 86.1 g/mol. The Morgan fingerprint density at radius 1 is 1.71 bits per heavy atom. The Bertz CT molecular complexity index is 131. The van der Waals surface area contributed by atoms with Crippen LogP contribution in [0.1, 0.15) is 0 Å². The van der Waals surface area contributed by atoms with Crippen LogP contribution >= 0.6 is 0 Å². The Hall–Kier alpha value is -0.980. The lowest BCUT2D eigenvalue weighted by Gasteiger charge is -1.98. The molecule has 1 heteroatoms. The Labute approximate surface area is 43.0 Å². The molecule has 0 atom stereocenters. The third-order valence-corrected chi connectivity index (χ3v) is 0.708. The van der Waals surface area contributed by atoms with Gasteiger partial charge in [0.15, 0.2) is 0 Å². The fourth-order valence-electron chi connectivity index (χ4n) is 0.387. The van der Waals surface area contributed by atoms with Crippen molar-refractivity contribution in [1.29, 1.82) is 0 Å². The molecule has 0 aromatic heterocycles. The molecule has 0 amide bonds. The van der Waals surface area contributed by atoms with Crippen molar-refractivity contribution in [3.63, 3.8) is 0 Å². The van der Waals surface area contributed by atoms with Gasteiger partial charge in [-0.15, -0.1) is 0 Å². The van der Waals surface area contributed by atoms with Gasteiger partial charge in [-0.2, -0.15) is 0 Å². The van der Waals surface area contributed by atoms with Crippen LogP contribution in [0.4, 0.5) is 0 Å². The van der Waals surface area contributed by atoms with Crippen molar-refractivity contribution in [2.75, 3.05) is 0 Å². The van der Waals surface area contributed by atoms with Crippen LogP contribution in [-0.4, -0.2) is 0 Å². The number of hydrogen-bond donors (Lipinski definition) is 1. The molecule has 1 radical (unpaired) electrons. The van der Waals surface area contributed by atoms with E-state index in [1.54, 1.807) is 0 Å². The Morgan fingerprint density at radius 3 is 2.86 bits per heavy atom. The molecule has 0 fully saturated rings. The van der Waals surface area contributed by atoms with E-state index in [9.17, 15) is 0 Å². The molecule has 1 rings (SSSR count). The quantitative estimate of drug-likeness (QED) is 0.469. The first-order valence-corrected chi connectivity index (χ1v) is 2.10. The maximum absolute atomic E-state index is 3.61. The highest BCUT2D eigenvalue weighted by atomic mass is 14.8. The Balaban J connectivity index is 2.66. The Kier molecular flexibility index (Phi) is 0.984. The Morgan fingerprint density at radius 2 is 2.57 bits per heavy atom. The largest absolute Gasteiger partial charge is 0.362 e. The lowest BCUT2D eigenvalue weighted by molar-refractivity contribution is 1.09. The van der Waals surface area contributed by atoms with E-state index in [-0.39, 0.29) is 0 Å². The second-order valence-corrected chi connectivity index (χ2v) is 1.29. The molecule has 35 valence electrons. The van der Waals surface area contributed by atoms with E-state index in [1.807, 2.05) is 18.4 Å². The van der Waals surface area contributed by atoms with Crippen molar-refractivity contribution in [2.24, 2.45) is 0 Å². The van der Waals surface area contributed by atoms with Crippen LogP contribution in [0.5, 0.6) is 0 Å². The van der Waals surface area contributed by atoms with Crippen LogP contribution in [-0.2, 0) is 0 Å². The van der Waals surface area contributed by atoms with Crippen LogP contribution in [0.15, 0.2) is 30.6 Å². The van der Waals surface area contributed by atoms with E-state index in [2.05, 4.69) is 18.0 Å². The monoisotopic (exact) mass is 92.1 g/mol. The molecule has 0 unspecified atom stereocenters. The second kappa shape index (κ2) is 1.65. The highest BCUT2D eigenvalue weighted by Crippen LogP contribution is 1.90. The first-order chi connectivity index (χ1) is 3.39. The van der Waals surface area contributed by atoms with E-state index < -0.39 is 0 Å². The smallest absolute Gasteiger partial charge is 0.0387 e. The first kappa shape index (κ1) is 4.19. The molecular formula is C6H6N. The summed E-state index contributed by atoms with van der Waals surface area (Å²) in [6.07, 6.45) is 8.37. The number of dihydropyridines is 1. The second-order valence-electron chi connectivity index (χ2n) is 1.29. The predicted octanol–water partition coefficient (Wildman–Crippen LogP) is 0.976. The average molecular weight is 92.1 g/mol. The van der Waals surface area contributed by atoms with Crippen molar-refractivity contribution in [3.8, 4) is 0 Å². The maximum Gasteiger partial charge on any atom is 0.0387 e. The molecule has 1 aliphatic heterocycles. The minimum absolute atomic E-state index is 0.822. The lowest BCUT2D eigenvalue weighted by atomic mass is 10.3. The van der Waals surface area contributed by atoms with E-state index >= 15 is 0 Å². The van der Waals surface area contributed by atoms with Gasteiger partial charge in [0.1, 0.15) is 0 Å². The number of hydrogen-bond acceptors (Lipinski definition) is 1. The summed E-state index contributed by atoms with van der Waals surface area (Å²) in [4.78, 5) is 0. The van der Waals surface area contributed by atoms with E-state index in [0.29, 0.717) is 0 Å². The SMILES string of the molecule is C=C1[C]=CC=CN1. The zero-order valence-corrected chi connectivity index (χ0v) is 3.94. The summed E-state index contributed by atoms with van der Waals surface area (Å²) in [6, 6.07) is 0. The van der Waals surface area contributed by atoms with Gasteiger partial charge in [-0.3, -0.25) is 0 Å². The average Bonchev–Trinajstić information content (AvgIpc) is 1.69. The molecule has 0 bridgehead atoms. The molecule has 0 saturated heterocycles. The van der Waals surface area contributed by atoms with Gasteiger partial charge in [0.05, 0.1) is 0 Å². The van der Waals surface area contributed by atoms with Crippen LogP contribution < -0.4 is 5.32 Å². The third-order valence-electron chi connectivity index (χ3n) is 0.708. The van der Waals surface area contributed by atoms with Gasteiger partial charge in [0.2, 0.25) is 0 Å². The minimum atomic E-state index is 0.822. The third kappa shape index (κ3) is 0.929. The van der Waals surface area contributed by atoms with Gasteiger partial charge in [0.25, 0.3) is 0 Å². The fraction of sp³-hybridized carbons (Fsp3) is 0. The van der Waals surface area contributed by atoms with Crippen molar-refractivity contribution in [3.05, 3.63) is 36.7 Å². The summed E-state index contributed by atoms with van der Waals surface area (Å²) in [5.41, 5.74) is 0.822. The standard InChI is InChI=1S/C6H6N/c1-6-4-2-3-5-7-6/h2-3,5,7H,1H2. The summed E-state index contributed by atoms with van der Waals surface area (Å²) in [5.74, 6) is 0. The molecule has 1 nitrogen and oxygen atoms in total. The first-order valence-electron chi connectivity index (χ1n) is 2.10. The molecule has 0 aromatic carbocycles. The van der Waals surface area contributed by atoms with Crippen molar-refractivity contribution in [1.82, 2.24) is 5.32 Å². The van der Waals surface area contributed by atoms with E-state index in [1.165, 1.54) is 0 Å². The molecule has 0 aromatic rings. The van der Waals surface area contributed by atoms with Crippen LogP contribution in [0.2, 0.25) is 0 Å². The van der Waals surface area contributed by atoms with Crippen molar-refractivity contribution in [2.45, 2.75) is 0 Å². The summed E-state index contributed by atoms with van der Waals surface area (Å²) in [6.45, 7) is 3.61.